The summed E-state index contributed by atoms with van der Waals surface area (Å²) in [6, 6.07) is 10.3. The van der Waals surface area contributed by atoms with E-state index < -0.39 is 11.4 Å². The van der Waals surface area contributed by atoms with Crippen LogP contribution in [0.1, 0.15) is 31.9 Å². The molecule has 2 aromatic rings. The molecule has 3 rings (SSSR count). The fraction of sp³-hybridized carbons (Fsp3) is 0.350. The zero-order valence-corrected chi connectivity index (χ0v) is 15.4. The highest BCUT2D eigenvalue weighted by Gasteiger charge is 2.43. The fourth-order valence-electron chi connectivity index (χ4n) is 3.11. The van der Waals surface area contributed by atoms with Gasteiger partial charge in [0.2, 0.25) is 0 Å². The van der Waals surface area contributed by atoms with Crippen molar-refractivity contribution in [1.82, 2.24) is 4.98 Å². The molecule has 1 aliphatic heterocycles. The molecule has 0 bridgehead atoms. The topological polar surface area (TPSA) is 31.4 Å². The van der Waals surface area contributed by atoms with Gasteiger partial charge in [0, 0.05) is 16.7 Å². The maximum atomic E-state index is 6.14. The summed E-state index contributed by atoms with van der Waals surface area (Å²) in [5.41, 5.74) is 3.80. The van der Waals surface area contributed by atoms with Crippen LogP contribution in [0.5, 0.6) is 0 Å². The van der Waals surface area contributed by atoms with Crippen molar-refractivity contribution in [3.05, 3.63) is 54.2 Å². The first kappa shape index (κ1) is 17.2. The van der Waals surface area contributed by atoms with Crippen molar-refractivity contribution in [3.63, 3.8) is 0 Å². The van der Waals surface area contributed by atoms with Gasteiger partial charge in [0.05, 0.1) is 12.3 Å². The van der Waals surface area contributed by atoms with Crippen molar-refractivity contribution in [1.29, 1.82) is 0 Å². The van der Waals surface area contributed by atoms with Gasteiger partial charge < -0.3 is 9.47 Å². The molecule has 0 spiro atoms. The summed E-state index contributed by atoms with van der Waals surface area (Å²) in [4.78, 5) is 5.77. The smallest absolute Gasteiger partial charge is 0.164 e. The second-order valence-corrected chi connectivity index (χ2v) is 7.40. The molecule has 3 nitrogen and oxygen atoms in total. The Hall–Kier alpha value is -1.62. The van der Waals surface area contributed by atoms with Gasteiger partial charge in [-0.1, -0.05) is 30.9 Å². The second-order valence-electron chi connectivity index (χ2n) is 6.58. The molecule has 0 aliphatic carbocycles. The number of ether oxygens (including phenoxy) is 2. The van der Waals surface area contributed by atoms with E-state index in [1.807, 2.05) is 38.3 Å². The van der Waals surface area contributed by atoms with Crippen LogP contribution in [0.3, 0.4) is 0 Å². The van der Waals surface area contributed by atoms with E-state index >= 15 is 0 Å². The minimum atomic E-state index is -0.564. The molecule has 1 fully saturated rings. The molecule has 4 heteroatoms. The Labute approximate surface area is 148 Å². The Morgan fingerprint density at radius 1 is 1.25 bits per heavy atom. The standard InChI is InChI=1S/C20H23NO2S/c1-6-14-8-7-9-16(18(14)24-5)17-12-15(10-11-21-17)20(4)13-22-19(2,3)23-20/h6-12H,1,13H2,2-5H3/t20-/m0/s1. The van der Waals surface area contributed by atoms with E-state index in [0.717, 1.165) is 22.4 Å². The normalized spacial score (nSPS) is 22.5. The number of pyridine rings is 1. The molecule has 126 valence electrons. The summed E-state index contributed by atoms with van der Waals surface area (Å²) >= 11 is 1.71. The lowest BCUT2D eigenvalue weighted by Crippen LogP contribution is -2.28. The monoisotopic (exact) mass is 341 g/mol. The molecule has 0 N–H and O–H groups in total. The van der Waals surface area contributed by atoms with Gasteiger partial charge in [-0.25, -0.2) is 0 Å². The van der Waals surface area contributed by atoms with E-state index in [-0.39, 0.29) is 0 Å². The summed E-state index contributed by atoms with van der Waals surface area (Å²) in [5.74, 6) is -0.564. The highest BCUT2D eigenvalue weighted by atomic mass is 32.2. The third-order valence-corrected chi connectivity index (χ3v) is 5.15. The highest BCUT2D eigenvalue weighted by Crippen LogP contribution is 2.40. The lowest BCUT2D eigenvalue weighted by Gasteiger charge is -2.26. The third-order valence-electron chi connectivity index (χ3n) is 4.28. The molecule has 2 heterocycles. The molecule has 0 saturated carbocycles. The zero-order valence-electron chi connectivity index (χ0n) is 14.6. The van der Waals surface area contributed by atoms with Crippen LogP contribution in [0.25, 0.3) is 17.3 Å². The Morgan fingerprint density at radius 2 is 2.04 bits per heavy atom. The van der Waals surface area contributed by atoms with Crippen molar-refractivity contribution in [2.24, 2.45) is 0 Å². The Balaban J connectivity index is 2.05. The van der Waals surface area contributed by atoms with Crippen LogP contribution in [0.15, 0.2) is 48.0 Å². The summed E-state index contributed by atoms with van der Waals surface area (Å²) in [5, 5.41) is 0. The van der Waals surface area contributed by atoms with Crippen LogP contribution in [0.4, 0.5) is 0 Å². The first-order valence-corrected chi connectivity index (χ1v) is 9.21. The Kier molecular flexibility index (Phi) is 4.56. The first-order valence-electron chi connectivity index (χ1n) is 7.99. The lowest BCUT2D eigenvalue weighted by molar-refractivity contribution is -0.159. The second kappa shape index (κ2) is 6.36. The van der Waals surface area contributed by atoms with Crippen molar-refractivity contribution in [2.75, 3.05) is 12.9 Å². The van der Waals surface area contributed by atoms with Gasteiger partial charge in [0.1, 0.15) is 5.60 Å². The van der Waals surface area contributed by atoms with Crippen molar-refractivity contribution in [3.8, 4) is 11.3 Å². The van der Waals surface area contributed by atoms with E-state index in [4.69, 9.17) is 9.47 Å². The van der Waals surface area contributed by atoms with Gasteiger partial charge in [-0.05, 0) is 50.3 Å². The molecule has 1 aliphatic rings. The van der Waals surface area contributed by atoms with E-state index in [1.54, 1.807) is 11.8 Å². The molecular weight excluding hydrogens is 318 g/mol. The van der Waals surface area contributed by atoms with Crippen LogP contribution in [-0.4, -0.2) is 23.6 Å². The average molecular weight is 341 g/mol. The minimum Gasteiger partial charge on any atom is -0.347 e. The van der Waals surface area contributed by atoms with Gasteiger partial charge in [-0.3, -0.25) is 4.98 Å². The van der Waals surface area contributed by atoms with E-state index in [0.29, 0.717) is 6.61 Å². The van der Waals surface area contributed by atoms with Crippen LogP contribution >= 0.6 is 11.8 Å². The average Bonchev–Trinajstić information content (AvgIpc) is 2.88. The van der Waals surface area contributed by atoms with Crippen LogP contribution < -0.4 is 0 Å². The summed E-state index contributed by atoms with van der Waals surface area (Å²) < 4.78 is 11.9. The van der Waals surface area contributed by atoms with Crippen molar-refractivity contribution < 1.29 is 9.47 Å². The predicted octanol–water partition coefficient (Wildman–Crippen LogP) is 5.11. The van der Waals surface area contributed by atoms with Gasteiger partial charge >= 0.3 is 0 Å². The van der Waals surface area contributed by atoms with Crippen molar-refractivity contribution in [2.45, 2.75) is 37.1 Å². The van der Waals surface area contributed by atoms with E-state index in [1.165, 1.54) is 4.90 Å². The number of hydrogen-bond donors (Lipinski definition) is 0. The molecule has 0 radical (unpaired) electrons. The summed E-state index contributed by atoms with van der Waals surface area (Å²) in [7, 11) is 0. The first-order chi connectivity index (χ1) is 11.4. The van der Waals surface area contributed by atoms with Crippen LogP contribution in [-0.2, 0) is 15.1 Å². The highest BCUT2D eigenvalue weighted by molar-refractivity contribution is 7.98. The molecule has 1 aromatic heterocycles. The number of hydrogen-bond acceptors (Lipinski definition) is 4. The molecule has 1 atom stereocenters. The number of rotatable bonds is 4. The van der Waals surface area contributed by atoms with Crippen LogP contribution in [0, 0.1) is 0 Å². The Morgan fingerprint density at radius 3 is 2.67 bits per heavy atom. The number of aromatic nitrogens is 1. The van der Waals surface area contributed by atoms with Gasteiger partial charge in [-0.15, -0.1) is 11.8 Å². The Bertz CT molecular complexity index is 772. The molecule has 0 unspecified atom stereocenters. The van der Waals surface area contributed by atoms with Gasteiger partial charge in [0.25, 0.3) is 0 Å². The lowest BCUT2D eigenvalue weighted by atomic mass is 9.95. The molecule has 1 saturated heterocycles. The molecular formula is C20H23NO2S. The van der Waals surface area contributed by atoms with E-state index in [2.05, 4.69) is 42.9 Å². The summed E-state index contributed by atoms with van der Waals surface area (Å²) in [6.07, 6.45) is 5.81. The number of benzene rings is 1. The SMILES string of the molecule is C=Cc1cccc(-c2cc([C@]3(C)COC(C)(C)O3)ccn2)c1SC. The molecule has 24 heavy (non-hydrogen) atoms. The largest absolute Gasteiger partial charge is 0.347 e. The maximum Gasteiger partial charge on any atom is 0.164 e. The number of nitrogens with zero attached hydrogens (tertiary/aromatic N) is 1. The molecule has 0 amide bonds. The van der Waals surface area contributed by atoms with Crippen LogP contribution in [0.2, 0.25) is 0 Å². The van der Waals surface area contributed by atoms with E-state index in [9.17, 15) is 0 Å². The minimum absolute atomic E-state index is 0.462. The summed E-state index contributed by atoms with van der Waals surface area (Å²) in [6.45, 7) is 10.4. The van der Waals surface area contributed by atoms with Gasteiger partial charge in [0.15, 0.2) is 5.79 Å². The van der Waals surface area contributed by atoms with Crippen molar-refractivity contribution >= 4 is 17.8 Å². The zero-order chi connectivity index (χ0) is 17.4. The fourth-order valence-corrected chi connectivity index (χ4v) is 3.89. The molecule has 1 aromatic carbocycles. The quantitative estimate of drug-likeness (QED) is 0.723. The third kappa shape index (κ3) is 3.14. The van der Waals surface area contributed by atoms with Gasteiger partial charge in [-0.2, -0.15) is 0 Å². The number of thioether (sulfide) groups is 1. The maximum absolute atomic E-state index is 6.14. The predicted molar refractivity (Wildman–Crippen MR) is 100 cm³/mol.